The molecule has 1 aromatic carbocycles. The number of carbonyl (C=O) groups excluding carboxylic acids is 1. The van der Waals surface area contributed by atoms with Crippen LogP contribution in [0.25, 0.3) is 0 Å². The van der Waals surface area contributed by atoms with E-state index in [-0.39, 0.29) is 5.97 Å². The van der Waals surface area contributed by atoms with Crippen molar-refractivity contribution < 1.29 is 14.0 Å². The van der Waals surface area contributed by atoms with Crippen LogP contribution in [0.3, 0.4) is 0 Å². The van der Waals surface area contributed by atoms with Gasteiger partial charge < -0.3 is 9.22 Å². The van der Waals surface area contributed by atoms with Gasteiger partial charge >= 0.3 is 5.97 Å². The maximum atomic E-state index is 11.3. The van der Waals surface area contributed by atoms with Gasteiger partial charge in [0.1, 0.15) is 19.7 Å². The van der Waals surface area contributed by atoms with Gasteiger partial charge in [-0.1, -0.05) is 63.6 Å². The predicted octanol–water partition coefficient (Wildman–Crippen LogP) is 4.33. The molecular formula is C20H32NO2+. The molecule has 0 aliphatic rings. The standard InChI is InChI=1S/C20H32NO2/c1-4-7-14-21(15-8-5-2,16-17-23-20(22)6-3)18-19-12-10-9-11-13-19/h6,9-13H,3-5,7-8,14-18H2,1-2H3/q+1. The van der Waals surface area contributed by atoms with Crippen LogP contribution in [0.15, 0.2) is 43.0 Å². The van der Waals surface area contributed by atoms with E-state index in [4.69, 9.17) is 4.74 Å². The smallest absolute Gasteiger partial charge is 0.330 e. The summed E-state index contributed by atoms with van der Waals surface area (Å²) >= 11 is 0. The molecule has 0 heterocycles. The number of esters is 1. The van der Waals surface area contributed by atoms with Crippen molar-refractivity contribution in [1.82, 2.24) is 0 Å². The molecule has 0 N–H and O–H groups in total. The Morgan fingerprint density at radius 3 is 2.22 bits per heavy atom. The van der Waals surface area contributed by atoms with Crippen molar-refractivity contribution in [3.63, 3.8) is 0 Å². The summed E-state index contributed by atoms with van der Waals surface area (Å²) in [5.41, 5.74) is 1.36. The summed E-state index contributed by atoms with van der Waals surface area (Å²) in [6.07, 6.45) is 6.02. The minimum absolute atomic E-state index is 0.325. The van der Waals surface area contributed by atoms with Crippen molar-refractivity contribution in [3.8, 4) is 0 Å². The van der Waals surface area contributed by atoms with Gasteiger partial charge in [-0.3, -0.25) is 0 Å². The van der Waals surface area contributed by atoms with Gasteiger partial charge in [-0.2, -0.15) is 0 Å². The fraction of sp³-hybridized carbons (Fsp3) is 0.550. The summed E-state index contributed by atoms with van der Waals surface area (Å²) < 4.78 is 6.27. The Balaban J connectivity index is 2.83. The molecule has 0 spiro atoms. The number of benzene rings is 1. The quantitative estimate of drug-likeness (QED) is 0.326. The highest BCUT2D eigenvalue weighted by Gasteiger charge is 2.27. The van der Waals surface area contributed by atoms with E-state index in [9.17, 15) is 4.79 Å². The first-order valence-corrected chi connectivity index (χ1v) is 8.84. The van der Waals surface area contributed by atoms with Crippen LogP contribution in [0, 0.1) is 0 Å². The van der Waals surface area contributed by atoms with Gasteiger partial charge in [-0.15, -0.1) is 0 Å². The molecule has 0 saturated carbocycles. The molecule has 0 bridgehead atoms. The van der Waals surface area contributed by atoms with E-state index in [1.165, 1.54) is 37.3 Å². The van der Waals surface area contributed by atoms with Gasteiger partial charge in [0.25, 0.3) is 0 Å². The molecule has 1 aromatic rings. The number of unbranched alkanes of at least 4 members (excludes halogenated alkanes) is 2. The minimum atomic E-state index is -0.325. The van der Waals surface area contributed by atoms with Gasteiger partial charge in [0.15, 0.2) is 0 Å². The fourth-order valence-electron chi connectivity index (χ4n) is 2.93. The Labute approximate surface area is 141 Å². The summed E-state index contributed by atoms with van der Waals surface area (Å²) in [5, 5.41) is 0. The van der Waals surface area contributed by atoms with Crippen LogP contribution in [-0.2, 0) is 16.1 Å². The molecule has 0 aromatic heterocycles. The third kappa shape index (κ3) is 7.47. The lowest BCUT2D eigenvalue weighted by atomic mass is 10.1. The summed E-state index contributed by atoms with van der Waals surface area (Å²) in [6.45, 7) is 12.5. The lowest BCUT2D eigenvalue weighted by Crippen LogP contribution is -2.50. The van der Waals surface area contributed by atoms with Crippen LogP contribution in [0.2, 0.25) is 0 Å². The zero-order valence-electron chi connectivity index (χ0n) is 14.8. The second-order valence-corrected chi connectivity index (χ2v) is 6.23. The Morgan fingerprint density at radius 1 is 1.09 bits per heavy atom. The van der Waals surface area contributed by atoms with E-state index in [1.807, 2.05) is 0 Å². The fourth-order valence-corrected chi connectivity index (χ4v) is 2.93. The Morgan fingerprint density at radius 2 is 1.70 bits per heavy atom. The van der Waals surface area contributed by atoms with Crippen LogP contribution in [0.4, 0.5) is 0 Å². The van der Waals surface area contributed by atoms with E-state index < -0.39 is 0 Å². The van der Waals surface area contributed by atoms with Crippen LogP contribution < -0.4 is 0 Å². The number of hydrogen-bond donors (Lipinski definition) is 0. The molecule has 0 saturated heterocycles. The van der Waals surface area contributed by atoms with Gasteiger partial charge in [0.2, 0.25) is 0 Å². The number of ether oxygens (including phenoxy) is 1. The molecule has 0 aliphatic heterocycles. The number of quaternary nitrogens is 1. The van der Waals surface area contributed by atoms with E-state index >= 15 is 0 Å². The van der Waals surface area contributed by atoms with Gasteiger partial charge in [0, 0.05) is 11.6 Å². The van der Waals surface area contributed by atoms with Gasteiger partial charge in [-0.05, 0) is 12.8 Å². The average molecular weight is 318 g/mol. The second-order valence-electron chi connectivity index (χ2n) is 6.23. The molecule has 0 amide bonds. The number of hydrogen-bond acceptors (Lipinski definition) is 2. The summed E-state index contributed by atoms with van der Waals surface area (Å²) in [7, 11) is 0. The highest BCUT2D eigenvalue weighted by molar-refractivity contribution is 5.81. The zero-order valence-corrected chi connectivity index (χ0v) is 14.8. The van der Waals surface area contributed by atoms with Crippen LogP contribution in [-0.4, -0.2) is 36.7 Å². The Hall–Kier alpha value is -1.61. The van der Waals surface area contributed by atoms with E-state index in [0.29, 0.717) is 6.61 Å². The number of rotatable bonds is 12. The molecular weight excluding hydrogens is 286 g/mol. The van der Waals surface area contributed by atoms with Crippen molar-refractivity contribution in [2.45, 2.75) is 46.1 Å². The topological polar surface area (TPSA) is 26.3 Å². The molecule has 0 radical (unpaired) electrons. The average Bonchev–Trinajstić information content (AvgIpc) is 2.58. The molecule has 128 valence electrons. The molecule has 0 fully saturated rings. The first kappa shape index (κ1) is 19.4. The largest absolute Gasteiger partial charge is 0.457 e. The molecule has 3 nitrogen and oxygen atoms in total. The van der Waals surface area contributed by atoms with Crippen molar-refractivity contribution >= 4 is 5.97 Å². The van der Waals surface area contributed by atoms with E-state index in [2.05, 4.69) is 50.8 Å². The third-order valence-corrected chi connectivity index (χ3v) is 4.31. The SMILES string of the molecule is C=CC(=O)OCC[N+](CCCC)(CCCC)Cc1ccccc1. The molecule has 0 unspecified atom stereocenters. The summed E-state index contributed by atoms with van der Waals surface area (Å²) in [4.78, 5) is 11.3. The van der Waals surface area contributed by atoms with Gasteiger partial charge in [-0.25, -0.2) is 4.79 Å². The monoisotopic (exact) mass is 318 g/mol. The van der Waals surface area contributed by atoms with E-state index in [1.54, 1.807) is 0 Å². The van der Waals surface area contributed by atoms with Crippen LogP contribution in [0.1, 0.15) is 45.1 Å². The van der Waals surface area contributed by atoms with Crippen molar-refractivity contribution in [3.05, 3.63) is 48.6 Å². The van der Waals surface area contributed by atoms with Crippen LogP contribution >= 0.6 is 0 Å². The normalized spacial score (nSPS) is 11.2. The van der Waals surface area contributed by atoms with Crippen molar-refractivity contribution in [1.29, 1.82) is 0 Å². The highest BCUT2D eigenvalue weighted by atomic mass is 16.5. The highest BCUT2D eigenvalue weighted by Crippen LogP contribution is 2.18. The molecule has 0 aliphatic carbocycles. The lowest BCUT2D eigenvalue weighted by Gasteiger charge is -2.39. The zero-order chi connectivity index (χ0) is 17.0. The number of nitrogens with zero attached hydrogens (tertiary/aromatic N) is 1. The molecule has 23 heavy (non-hydrogen) atoms. The first-order valence-electron chi connectivity index (χ1n) is 8.84. The first-order chi connectivity index (χ1) is 11.2. The number of carbonyl (C=O) groups is 1. The summed E-state index contributed by atoms with van der Waals surface area (Å²) in [5.74, 6) is -0.325. The molecule has 0 atom stereocenters. The molecule has 1 rings (SSSR count). The predicted molar refractivity (Wildman–Crippen MR) is 96.0 cm³/mol. The minimum Gasteiger partial charge on any atom is -0.457 e. The lowest BCUT2D eigenvalue weighted by molar-refractivity contribution is -0.941. The second kappa shape index (κ2) is 11.0. The van der Waals surface area contributed by atoms with Crippen molar-refractivity contribution in [2.75, 3.05) is 26.2 Å². The third-order valence-electron chi connectivity index (χ3n) is 4.31. The maximum absolute atomic E-state index is 11.3. The van der Waals surface area contributed by atoms with Crippen molar-refractivity contribution in [2.24, 2.45) is 0 Å². The van der Waals surface area contributed by atoms with Gasteiger partial charge in [0.05, 0.1) is 13.1 Å². The Bertz CT molecular complexity index is 448. The maximum Gasteiger partial charge on any atom is 0.330 e. The van der Waals surface area contributed by atoms with E-state index in [0.717, 1.165) is 30.7 Å². The summed E-state index contributed by atoms with van der Waals surface area (Å²) in [6, 6.07) is 10.6. The Kier molecular flexibility index (Phi) is 9.30. The molecule has 3 heteroatoms. The van der Waals surface area contributed by atoms with Crippen LogP contribution in [0.5, 0.6) is 0 Å².